The Kier molecular flexibility index (Phi) is 4.80. The van der Waals surface area contributed by atoms with E-state index in [1.54, 1.807) is 6.20 Å². The molecular weight excluding hydrogens is 324 g/mol. The predicted molar refractivity (Wildman–Crippen MR) is 104 cm³/mol. The highest BCUT2D eigenvalue weighted by molar-refractivity contribution is 5.93. The molecule has 26 heavy (non-hydrogen) atoms. The normalized spacial score (nSPS) is 15.2. The highest BCUT2D eigenvalue weighted by Gasteiger charge is 2.21. The first-order chi connectivity index (χ1) is 12.8. The van der Waals surface area contributed by atoms with Gasteiger partial charge in [0.15, 0.2) is 0 Å². The molecule has 1 aliphatic heterocycles. The molecule has 2 amide bonds. The minimum Gasteiger partial charge on any atom is -0.322 e. The Labute approximate surface area is 153 Å². The van der Waals surface area contributed by atoms with Gasteiger partial charge in [-0.2, -0.15) is 0 Å². The summed E-state index contributed by atoms with van der Waals surface area (Å²) in [5, 5.41) is 5.33. The number of pyridine rings is 1. The van der Waals surface area contributed by atoms with Crippen LogP contribution in [0.15, 0.2) is 67.0 Å². The fourth-order valence-electron chi connectivity index (χ4n) is 3.33. The molecule has 1 fully saturated rings. The maximum atomic E-state index is 12.6. The predicted octanol–water partition coefficient (Wildman–Crippen LogP) is 3.58. The van der Waals surface area contributed by atoms with Crippen molar-refractivity contribution in [1.29, 1.82) is 0 Å². The van der Waals surface area contributed by atoms with E-state index in [1.807, 2.05) is 47.5 Å². The summed E-state index contributed by atoms with van der Waals surface area (Å²) in [5.74, 6) is 0. The number of hydrogen-bond acceptors (Lipinski definition) is 3. The first-order valence-corrected chi connectivity index (χ1v) is 8.94. The Morgan fingerprint density at radius 3 is 2.54 bits per heavy atom. The summed E-state index contributed by atoms with van der Waals surface area (Å²) in [6.45, 7) is 4.10. The molecule has 2 heterocycles. The molecule has 0 atom stereocenters. The van der Waals surface area contributed by atoms with Gasteiger partial charge in [0.05, 0.1) is 0 Å². The van der Waals surface area contributed by atoms with Crippen LogP contribution in [0.4, 0.5) is 10.5 Å². The van der Waals surface area contributed by atoms with Crippen LogP contribution < -0.4 is 5.32 Å². The maximum Gasteiger partial charge on any atom is 0.321 e. The number of rotatable bonds is 3. The summed E-state index contributed by atoms with van der Waals surface area (Å²) in [4.78, 5) is 21.0. The van der Waals surface area contributed by atoms with Crippen molar-refractivity contribution in [1.82, 2.24) is 14.8 Å². The van der Waals surface area contributed by atoms with Gasteiger partial charge in [-0.05, 0) is 34.5 Å². The quantitative estimate of drug-likeness (QED) is 0.788. The molecule has 0 radical (unpaired) electrons. The van der Waals surface area contributed by atoms with Gasteiger partial charge in [-0.15, -0.1) is 0 Å². The fraction of sp³-hybridized carbons (Fsp3) is 0.238. The number of carbonyl (C=O) groups excluding carboxylic acids is 1. The summed E-state index contributed by atoms with van der Waals surface area (Å²) in [6.07, 6.45) is 3.69. The minimum atomic E-state index is -0.0266. The van der Waals surface area contributed by atoms with Crippen LogP contribution in [0.25, 0.3) is 10.8 Å². The van der Waals surface area contributed by atoms with Crippen LogP contribution in [-0.4, -0.2) is 47.0 Å². The van der Waals surface area contributed by atoms with E-state index >= 15 is 0 Å². The lowest BCUT2D eigenvalue weighted by Crippen LogP contribution is -2.49. The Morgan fingerprint density at radius 1 is 0.962 bits per heavy atom. The number of anilines is 1. The van der Waals surface area contributed by atoms with E-state index in [2.05, 4.69) is 33.4 Å². The summed E-state index contributed by atoms with van der Waals surface area (Å²) in [7, 11) is 0. The number of hydrogen-bond donors (Lipinski definition) is 1. The average Bonchev–Trinajstić information content (AvgIpc) is 2.69. The van der Waals surface area contributed by atoms with Crippen molar-refractivity contribution in [2.75, 3.05) is 31.5 Å². The first kappa shape index (κ1) is 16.5. The van der Waals surface area contributed by atoms with Crippen LogP contribution in [-0.2, 0) is 6.54 Å². The Bertz CT molecular complexity index is 889. The van der Waals surface area contributed by atoms with Crippen LogP contribution in [0.3, 0.4) is 0 Å². The first-order valence-electron chi connectivity index (χ1n) is 8.94. The van der Waals surface area contributed by atoms with E-state index in [-0.39, 0.29) is 6.03 Å². The Morgan fingerprint density at radius 2 is 1.77 bits per heavy atom. The van der Waals surface area contributed by atoms with E-state index < -0.39 is 0 Å². The van der Waals surface area contributed by atoms with Gasteiger partial charge < -0.3 is 10.2 Å². The summed E-state index contributed by atoms with van der Waals surface area (Å²) < 4.78 is 0. The van der Waals surface area contributed by atoms with Gasteiger partial charge >= 0.3 is 6.03 Å². The number of carbonyl (C=O) groups is 1. The molecule has 5 heteroatoms. The van der Waals surface area contributed by atoms with Gasteiger partial charge in [-0.3, -0.25) is 9.88 Å². The van der Waals surface area contributed by atoms with Gasteiger partial charge in [0.2, 0.25) is 0 Å². The average molecular weight is 346 g/mol. The van der Waals surface area contributed by atoms with Gasteiger partial charge in [0.25, 0.3) is 0 Å². The van der Waals surface area contributed by atoms with Crippen molar-refractivity contribution < 1.29 is 4.79 Å². The van der Waals surface area contributed by atoms with Crippen molar-refractivity contribution in [3.05, 3.63) is 72.6 Å². The summed E-state index contributed by atoms with van der Waals surface area (Å²) >= 11 is 0. The van der Waals surface area contributed by atoms with E-state index in [9.17, 15) is 4.79 Å². The van der Waals surface area contributed by atoms with Crippen LogP contribution in [0.1, 0.15) is 5.56 Å². The zero-order valence-corrected chi connectivity index (χ0v) is 14.6. The number of aromatic nitrogens is 1. The number of benzene rings is 2. The smallest absolute Gasteiger partial charge is 0.321 e. The highest BCUT2D eigenvalue weighted by Crippen LogP contribution is 2.19. The maximum absolute atomic E-state index is 12.6. The van der Waals surface area contributed by atoms with Crippen molar-refractivity contribution in [3.63, 3.8) is 0 Å². The number of piperazine rings is 1. The topological polar surface area (TPSA) is 48.5 Å². The SMILES string of the molecule is O=C(Nc1ccc2ccccc2c1)N1CCN(Cc2cccnc2)CC1. The van der Waals surface area contributed by atoms with Crippen molar-refractivity contribution in [3.8, 4) is 0 Å². The summed E-state index contributed by atoms with van der Waals surface area (Å²) in [6, 6.07) is 18.2. The Hall–Kier alpha value is -2.92. The fourth-order valence-corrected chi connectivity index (χ4v) is 3.33. The number of fused-ring (bicyclic) bond motifs is 1. The van der Waals surface area contributed by atoms with E-state index in [0.717, 1.165) is 43.8 Å². The lowest BCUT2D eigenvalue weighted by atomic mass is 10.1. The molecule has 1 saturated heterocycles. The molecule has 1 N–H and O–H groups in total. The largest absolute Gasteiger partial charge is 0.322 e. The number of urea groups is 1. The zero-order chi connectivity index (χ0) is 17.8. The van der Waals surface area contributed by atoms with Crippen LogP contribution >= 0.6 is 0 Å². The monoisotopic (exact) mass is 346 g/mol. The van der Waals surface area contributed by atoms with Crippen LogP contribution in [0.2, 0.25) is 0 Å². The second-order valence-corrected chi connectivity index (χ2v) is 6.62. The van der Waals surface area contributed by atoms with Crippen molar-refractivity contribution >= 4 is 22.5 Å². The van der Waals surface area contributed by atoms with Gasteiger partial charge in [0, 0.05) is 50.8 Å². The zero-order valence-electron chi connectivity index (χ0n) is 14.6. The lowest BCUT2D eigenvalue weighted by molar-refractivity contribution is 0.143. The van der Waals surface area contributed by atoms with Gasteiger partial charge in [-0.1, -0.05) is 36.4 Å². The molecule has 1 aromatic heterocycles. The van der Waals surface area contributed by atoms with Crippen molar-refractivity contribution in [2.24, 2.45) is 0 Å². The molecule has 2 aromatic carbocycles. The second-order valence-electron chi connectivity index (χ2n) is 6.62. The minimum absolute atomic E-state index is 0.0266. The standard InChI is InChI=1S/C21H22N4O/c26-21(23-20-8-7-18-5-1-2-6-19(18)14-20)25-12-10-24(11-13-25)16-17-4-3-9-22-15-17/h1-9,14-15H,10-13,16H2,(H,23,26). The third-order valence-corrected chi connectivity index (χ3v) is 4.79. The van der Waals surface area contributed by atoms with Gasteiger partial charge in [-0.25, -0.2) is 4.79 Å². The lowest BCUT2D eigenvalue weighted by Gasteiger charge is -2.34. The third kappa shape index (κ3) is 3.83. The molecule has 0 unspecified atom stereocenters. The molecule has 0 aliphatic carbocycles. The molecule has 5 nitrogen and oxygen atoms in total. The van der Waals surface area contributed by atoms with Crippen molar-refractivity contribution in [2.45, 2.75) is 6.54 Å². The van der Waals surface area contributed by atoms with E-state index in [4.69, 9.17) is 0 Å². The molecule has 0 bridgehead atoms. The Balaban J connectivity index is 1.33. The highest BCUT2D eigenvalue weighted by atomic mass is 16.2. The third-order valence-electron chi connectivity index (χ3n) is 4.79. The number of nitrogens with one attached hydrogen (secondary N) is 1. The molecule has 4 rings (SSSR count). The molecule has 0 spiro atoms. The van der Waals surface area contributed by atoms with Crippen LogP contribution in [0.5, 0.6) is 0 Å². The number of nitrogens with zero attached hydrogens (tertiary/aromatic N) is 3. The van der Waals surface area contributed by atoms with E-state index in [1.165, 1.54) is 10.9 Å². The van der Waals surface area contributed by atoms with E-state index in [0.29, 0.717) is 0 Å². The summed E-state index contributed by atoms with van der Waals surface area (Å²) in [5.41, 5.74) is 2.05. The molecule has 3 aromatic rings. The van der Waals surface area contributed by atoms with Crippen LogP contribution in [0, 0.1) is 0 Å². The second kappa shape index (κ2) is 7.54. The molecule has 132 valence electrons. The molecule has 1 aliphatic rings. The molecule has 0 saturated carbocycles. The molecular formula is C21H22N4O. The number of amides is 2. The van der Waals surface area contributed by atoms with Gasteiger partial charge in [0.1, 0.15) is 0 Å².